The van der Waals surface area contributed by atoms with Crippen LogP contribution in [-0.2, 0) is 28.5 Å². The number of aromatic hydroxyl groups is 3. The fourth-order valence-electron chi connectivity index (χ4n) is 6.57. The average Bonchev–Trinajstić information content (AvgIpc) is 3.21. The first-order valence-corrected chi connectivity index (χ1v) is 18.2. The van der Waals surface area contributed by atoms with E-state index in [4.69, 9.17) is 42.7 Å². The van der Waals surface area contributed by atoms with Crippen molar-refractivity contribution in [2.75, 3.05) is 19.8 Å². The van der Waals surface area contributed by atoms with Crippen LogP contribution < -0.4 is 14.2 Å². The predicted octanol–water partition coefficient (Wildman–Crippen LogP) is -4.94. The van der Waals surface area contributed by atoms with Gasteiger partial charge >= 0.3 is 23.3 Å². The van der Waals surface area contributed by atoms with Gasteiger partial charge in [0.05, 0.1) is 24.8 Å². The lowest BCUT2D eigenvalue weighted by atomic mass is 9.99. The Hall–Kier alpha value is -4.97. The SMILES string of the molecule is O=C(O)CC(=O)OCC1OC(Oc2cc3c(O)cc(O)cc3[o+]c2-c2cc(OC3OC(CO)C(O)C(O)C3O)c(O)c(OC3OC(CO)C(O)C(O)C3O)c2)C(O)C(O)C1O. The maximum atomic E-state index is 11.9. The van der Waals surface area contributed by atoms with E-state index in [1.807, 2.05) is 0 Å². The smallest absolute Gasteiger partial charge is 0.402 e. The number of aliphatic hydroxyl groups excluding tert-OH is 11. The van der Waals surface area contributed by atoms with Crippen LogP contribution in [-0.4, -0.2) is 200 Å². The van der Waals surface area contributed by atoms with Crippen LogP contribution in [0.5, 0.6) is 34.5 Å². The Morgan fingerprint density at radius 3 is 1.52 bits per heavy atom. The Balaban J connectivity index is 1.46. The minimum atomic E-state index is -2.09. The Morgan fingerprint density at radius 1 is 0.590 bits per heavy atom. The third-order valence-corrected chi connectivity index (χ3v) is 9.92. The maximum Gasteiger partial charge on any atom is 0.402 e. The van der Waals surface area contributed by atoms with Crippen LogP contribution in [0.4, 0.5) is 0 Å². The largest absolute Gasteiger partial charge is 0.507 e. The summed E-state index contributed by atoms with van der Waals surface area (Å²) in [5.74, 6) is -7.35. The molecule has 4 heterocycles. The zero-order chi connectivity index (χ0) is 44.6. The highest BCUT2D eigenvalue weighted by atomic mass is 16.7. The number of aliphatic carboxylic acids is 1. The topological polar surface area (TPSA) is 414 Å². The summed E-state index contributed by atoms with van der Waals surface area (Å²) in [6.07, 6.45) is -29.4. The summed E-state index contributed by atoms with van der Waals surface area (Å²) >= 11 is 0. The molecule has 0 saturated carbocycles. The van der Waals surface area contributed by atoms with Crippen LogP contribution in [0.25, 0.3) is 22.3 Å². The van der Waals surface area contributed by atoms with Crippen LogP contribution in [0, 0.1) is 0 Å². The first-order valence-electron chi connectivity index (χ1n) is 18.2. The molecule has 336 valence electrons. The average molecular weight is 876 g/mol. The van der Waals surface area contributed by atoms with Crippen LogP contribution in [0.3, 0.4) is 0 Å². The molecule has 3 aromatic rings. The van der Waals surface area contributed by atoms with Gasteiger partial charge in [-0.2, -0.15) is 0 Å². The van der Waals surface area contributed by atoms with E-state index >= 15 is 0 Å². The molecular formula is C36H43O25+. The molecule has 0 bridgehead atoms. The zero-order valence-corrected chi connectivity index (χ0v) is 31.2. The number of hydrogen-bond acceptors (Lipinski definition) is 23. The molecule has 0 spiro atoms. The Kier molecular flexibility index (Phi) is 13.9. The molecule has 25 heteroatoms. The molecule has 15 atom stereocenters. The van der Waals surface area contributed by atoms with Gasteiger partial charge in [0.1, 0.15) is 103 Å². The molecule has 3 saturated heterocycles. The predicted molar refractivity (Wildman–Crippen MR) is 190 cm³/mol. The number of benzene rings is 2. The van der Waals surface area contributed by atoms with Gasteiger partial charge < -0.3 is 110 Å². The first-order chi connectivity index (χ1) is 28.8. The van der Waals surface area contributed by atoms with Gasteiger partial charge in [0, 0.05) is 24.3 Å². The quantitative estimate of drug-likeness (QED) is 0.0434. The number of hydrogen-bond donors (Lipinski definition) is 15. The molecule has 15 unspecified atom stereocenters. The number of ether oxygens (including phenoxy) is 7. The van der Waals surface area contributed by atoms with E-state index in [9.17, 15) is 81.1 Å². The lowest BCUT2D eigenvalue weighted by molar-refractivity contribution is -0.279. The highest BCUT2D eigenvalue weighted by Crippen LogP contribution is 2.47. The number of rotatable bonds is 13. The van der Waals surface area contributed by atoms with Gasteiger partial charge in [-0.25, -0.2) is 4.42 Å². The highest BCUT2D eigenvalue weighted by Gasteiger charge is 2.49. The molecule has 1 aromatic heterocycles. The first kappa shape index (κ1) is 45.6. The summed E-state index contributed by atoms with van der Waals surface area (Å²) in [7, 11) is 0. The number of aliphatic hydroxyl groups is 11. The Labute approximate surface area is 341 Å². The molecule has 25 nitrogen and oxygen atoms in total. The summed E-state index contributed by atoms with van der Waals surface area (Å²) < 4.78 is 44.6. The number of carbonyl (C=O) groups excluding carboxylic acids is 1. The molecule has 0 radical (unpaired) electrons. The molecule has 2 aromatic carbocycles. The van der Waals surface area contributed by atoms with Gasteiger partial charge in [-0.05, 0) is 0 Å². The second-order valence-electron chi connectivity index (χ2n) is 14.2. The monoisotopic (exact) mass is 875 g/mol. The van der Waals surface area contributed by atoms with Crippen LogP contribution in [0.2, 0.25) is 0 Å². The summed E-state index contributed by atoms with van der Waals surface area (Å²) in [6, 6.07) is 4.93. The normalized spacial score (nSPS) is 34.1. The third kappa shape index (κ3) is 9.44. The van der Waals surface area contributed by atoms with Gasteiger partial charge in [0.2, 0.25) is 30.4 Å². The van der Waals surface area contributed by atoms with E-state index in [0.29, 0.717) is 0 Å². The minimum absolute atomic E-state index is 0.170. The van der Waals surface area contributed by atoms with Crippen molar-refractivity contribution >= 4 is 22.9 Å². The number of carboxylic acids is 1. The molecule has 3 aliphatic heterocycles. The summed E-state index contributed by atoms with van der Waals surface area (Å²) in [5.41, 5.74) is -0.591. The van der Waals surface area contributed by atoms with Gasteiger partial charge in [0.15, 0.2) is 11.5 Å². The van der Waals surface area contributed by atoms with Crippen molar-refractivity contribution in [3.63, 3.8) is 0 Å². The van der Waals surface area contributed by atoms with Crippen molar-refractivity contribution < 1.29 is 124 Å². The fraction of sp³-hybridized carbons (Fsp3) is 0.528. The second-order valence-corrected chi connectivity index (χ2v) is 14.2. The van der Waals surface area contributed by atoms with Crippen molar-refractivity contribution in [1.82, 2.24) is 0 Å². The maximum absolute atomic E-state index is 11.9. The van der Waals surface area contributed by atoms with Crippen molar-refractivity contribution in [3.05, 3.63) is 30.3 Å². The van der Waals surface area contributed by atoms with E-state index in [2.05, 4.69) is 0 Å². The number of fused-ring (bicyclic) bond motifs is 1. The lowest BCUT2D eigenvalue weighted by Gasteiger charge is -2.40. The van der Waals surface area contributed by atoms with Gasteiger partial charge in [-0.1, -0.05) is 0 Å². The molecule has 0 amide bonds. The van der Waals surface area contributed by atoms with E-state index < -0.39 is 171 Å². The van der Waals surface area contributed by atoms with Crippen LogP contribution >= 0.6 is 0 Å². The minimum Gasteiger partial charge on any atom is -0.507 e. The number of carbonyl (C=O) groups is 2. The van der Waals surface area contributed by atoms with E-state index in [-0.39, 0.29) is 16.5 Å². The molecule has 61 heavy (non-hydrogen) atoms. The number of phenols is 3. The second kappa shape index (κ2) is 18.6. The van der Waals surface area contributed by atoms with Crippen molar-refractivity contribution in [2.24, 2.45) is 0 Å². The van der Waals surface area contributed by atoms with Gasteiger partial charge in [-0.3, -0.25) is 9.59 Å². The lowest BCUT2D eigenvalue weighted by Crippen LogP contribution is -2.60. The Morgan fingerprint density at radius 2 is 1.05 bits per heavy atom. The third-order valence-electron chi connectivity index (χ3n) is 9.92. The van der Waals surface area contributed by atoms with Gasteiger partial charge in [0.25, 0.3) is 0 Å². The molecule has 15 N–H and O–H groups in total. The van der Waals surface area contributed by atoms with Crippen LogP contribution in [0.1, 0.15) is 6.42 Å². The van der Waals surface area contributed by atoms with E-state index in [0.717, 1.165) is 30.3 Å². The number of carboxylic acid groups (broad SMARTS) is 1. The van der Waals surface area contributed by atoms with Crippen molar-refractivity contribution in [3.8, 4) is 45.8 Å². The fourth-order valence-corrected chi connectivity index (χ4v) is 6.57. The number of phenolic OH excluding ortho intramolecular Hbond substituents is 3. The van der Waals surface area contributed by atoms with Crippen molar-refractivity contribution in [1.29, 1.82) is 0 Å². The summed E-state index contributed by atoms with van der Waals surface area (Å²) in [4.78, 5) is 22.8. The molecule has 3 aliphatic rings. The van der Waals surface area contributed by atoms with E-state index in [1.54, 1.807) is 0 Å². The standard InChI is InChI=1S/C36H42O25/c37-7-18-24(45)27(48)30(51)34(59-18)56-15-1-10(2-16(23(15)44)57-35-31(52)28(49)25(46)19(8-38)60-35)33-17(5-12-13(40)3-11(39)4-14(12)55-33)58-36-32(53)29(50)26(47)20(61-36)9-54-22(43)6-21(41)42/h1-5,18-20,24-32,34-38,45-53H,6-9H2,(H3-,39,40,41,42,44)/p+1. The van der Waals surface area contributed by atoms with Gasteiger partial charge in [-0.15, -0.1) is 0 Å². The zero-order valence-electron chi connectivity index (χ0n) is 31.2. The summed E-state index contributed by atoms with van der Waals surface area (Å²) in [5, 5.41) is 156. The molecule has 0 aliphatic carbocycles. The Bertz CT molecular complexity index is 1980. The molecular weight excluding hydrogens is 832 g/mol. The van der Waals surface area contributed by atoms with Crippen LogP contribution in [0.15, 0.2) is 34.7 Å². The van der Waals surface area contributed by atoms with Crippen molar-refractivity contribution in [2.45, 2.75) is 98.5 Å². The van der Waals surface area contributed by atoms with E-state index in [1.165, 1.54) is 0 Å². The number of esters is 1. The molecule has 3 fully saturated rings. The highest BCUT2D eigenvalue weighted by molar-refractivity contribution is 5.90. The molecule has 6 rings (SSSR count). The summed E-state index contributed by atoms with van der Waals surface area (Å²) in [6.45, 7) is -2.61.